The molecule has 1 saturated heterocycles. The molecule has 1 aromatic carbocycles. The van der Waals surface area contributed by atoms with Gasteiger partial charge in [-0.15, -0.1) is 0 Å². The standard InChI is InChI=1S/C24H33N3O6/c1-5-32-22(28)16-10-12-27(13-11-16)15-19-20(23(29)33-6-2)21(25-24(30)26(19)3)17-8-7-9-18(14-17)31-4/h7-9,14,16,21H,5-6,10-13,15H2,1-4H3,(H,25,30)/t21-/m1/s1. The summed E-state index contributed by atoms with van der Waals surface area (Å²) < 4.78 is 15.9. The molecule has 1 N–H and O–H groups in total. The van der Waals surface area contributed by atoms with Crippen LogP contribution >= 0.6 is 0 Å². The van der Waals surface area contributed by atoms with Crippen molar-refractivity contribution in [2.45, 2.75) is 32.7 Å². The molecule has 2 aliphatic rings. The molecule has 1 fully saturated rings. The molecule has 0 unspecified atom stereocenters. The average Bonchev–Trinajstić information content (AvgIpc) is 2.82. The molecule has 9 nitrogen and oxygen atoms in total. The molecule has 0 aliphatic carbocycles. The van der Waals surface area contributed by atoms with E-state index in [0.29, 0.717) is 56.1 Å². The van der Waals surface area contributed by atoms with Crippen molar-refractivity contribution in [1.82, 2.24) is 15.1 Å². The molecule has 0 spiro atoms. The molecule has 0 bridgehead atoms. The van der Waals surface area contributed by atoms with Crippen molar-refractivity contribution in [2.75, 3.05) is 47.0 Å². The summed E-state index contributed by atoms with van der Waals surface area (Å²) in [7, 11) is 3.22. The lowest BCUT2D eigenvalue weighted by Gasteiger charge is -2.38. The van der Waals surface area contributed by atoms with Gasteiger partial charge in [-0.2, -0.15) is 0 Å². The normalized spacial score (nSPS) is 19.8. The summed E-state index contributed by atoms with van der Waals surface area (Å²) in [6.07, 6.45) is 1.35. The van der Waals surface area contributed by atoms with Crippen molar-refractivity contribution in [2.24, 2.45) is 5.92 Å². The van der Waals surface area contributed by atoms with Crippen LogP contribution in [0.2, 0.25) is 0 Å². The first-order chi connectivity index (χ1) is 15.9. The number of carbonyl (C=O) groups is 3. The molecule has 180 valence electrons. The van der Waals surface area contributed by atoms with Crippen LogP contribution < -0.4 is 10.1 Å². The number of benzene rings is 1. The second kappa shape index (κ2) is 11.2. The summed E-state index contributed by atoms with van der Waals surface area (Å²) in [5.74, 6) is -0.104. The van der Waals surface area contributed by atoms with E-state index in [4.69, 9.17) is 14.2 Å². The van der Waals surface area contributed by atoms with Crippen molar-refractivity contribution >= 4 is 18.0 Å². The molecule has 2 amide bonds. The average molecular weight is 460 g/mol. The third-order valence-corrected chi connectivity index (χ3v) is 6.08. The number of carbonyl (C=O) groups excluding carboxylic acids is 3. The second-order valence-electron chi connectivity index (χ2n) is 8.10. The molecule has 2 aliphatic heterocycles. The predicted octanol–water partition coefficient (Wildman–Crippen LogP) is 2.48. The van der Waals surface area contributed by atoms with Crippen molar-refractivity contribution in [3.8, 4) is 5.75 Å². The van der Waals surface area contributed by atoms with E-state index in [1.165, 1.54) is 4.90 Å². The molecule has 9 heteroatoms. The molecule has 0 saturated carbocycles. The number of likely N-dealkylation sites (N-methyl/N-ethyl adjacent to an activating group) is 1. The number of nitrogens with zero attached hydrogens (tertiary/aromatic N) is 2. The molecule has 33 heavy (non-hydrogen) atoms. The monoisotopic (exact) mass is 459 g/mol. The van der Waals surface area contributed by atoms with E-state index in [0.717, 1.165) is 5.56 Å². The summed E-state index contributed by atoms with van der Waals surface area (Å²) in [6, 6.07) is 6.32. The number of rotatable bonds is 8. The minimum atomic E-state index is -0.657. The first kappa shape index (κ1) is 24.6. The Morgan fingerprint density at radius 2 is 1.82 bits per heavy atom. The largest absolute Gasteiger partial charge is 0.497 e. The first-order valence-electron chi connectivity index (χ1n) is 11.4. The molecule has 1 atom stereocenters. The lowest BCUT2D eigenvalue weighted by atomic mass is 9.93. The molecular weight excluding hydrogens is 426 g/mol. The molecule has 2 heterocycles. The number of likely N-dealkylation sites (tertiary alicyclic amines) is 1. The number of ether oxygens (including phenoxy) is 3. The number of esters is 2. The van der Waals surface area contributed by atoms with Gasteiger partial charge in [0.1, 0.15) is 5.75 Å². The zero-order valence-corrected chi connectivity index (χ0v) is 19.8. The van der Waals surface area contributed by atoms with Crippen LogP contribution in [0.3, 0.4) is 0 Å². The van der Waals surface area contributed by atoms with E-state index in [1.807, 2.05) is 18.2 Å². The highest BCUT2D eigenvalue weighted by Crippen LogP contribution is 2.33. The Morgan fingerprint density at radius 1 is 1.12 bits per heavy atom. The number of piperidine rings is 1. The van der Waals surface area contributed by atoms with Crippen LogP contribution in [0, 0.1) is 5.92 Å². The van der Waals surface area contributed by atoms with Crippen LogP contribution in [0.1, 0.15) is 38.3 Å². The quantitative estimate of drug-likeness (QED) is 0.597. The fourth-order valence-corrected chi connectivity index (χ4v) is 4.27. The van der Waals surface area contributed by atoms with Crippen LogP contribution in [0.15, 0.2) is 35.5 Å². The molecule has 1 aromatic rings. The van der Waals surface area contributed by atoms with Crippen molar-refractivity contribution in [1.29, 1.82) is 0 Å². The maximum Gasteiger partial charge on any atom is 0.338 e. The Labute approximate surface area is 194 Å². The van der Waals surface area contributed by atoms with Gasteiger partial charge in [-0.05, 0) is 57.5 Å². The number of nitrogens with one attached hydrogen (secondary N) is 1. The molecule has 3 rings (SSSR count). The fraction of sp³-hybridized carbons (Fsp3) is 0.542. The van der Waals surface area contributed by atoms with E-state index >= 15 is 0 Å². The highest BCUT2D eigenvalue weighted by molar-refractivity contribution is 5.95. The van der Waals surface area contributed by atoms with Crippen LogP contribution in [0.5, 0.6) is 5.75 Å². The van der Waals surface area contributed by atoms with Crippen LogP contribution in [0.25, 0.3) is 0 Å². The third-order valence-electron chi connectivity index (χ3n) is 6.08. The smallest absolute Gasteiger partial charge is 0.338 e. The van der Waals surface area contributed by atoms with Gasteiger partial charge in [0.25, 0.3) is 0 Å². The third kappa shape index (κ3) is 5.65. The lowest BCUT2D eigenvalue weighted by Crippen LogP contribution is -2.50. The first-order valence-corrected chi connectivity index (χ1v) is 11.4. The highest BCUT2D eigenvalue weighted by Gasteiger charge is 2.38. The Morgan fingerprint density at radius 3 is 2.45 bits per heavy atom. The Bertz CT molecular complexity index is 907. The van der Waals surface area contributed by atoms with E-state index < -0.39 is 12.0 Å². The maximum atomic E-state index is 13.1. The van der Waals surface area contributed by atoms with Crippen molar-refractivity contribution < 1.29 is 28.6 Å². The minimum absolute atomic E-state index is 0.114. The number of hydrogen-bond donors (Lipinski definition) is 1. The van der Waals surface area contributed by atoms with E-state index in [2.05, 4.69) is 10.2 Å². The minimum Gasteiger partial charge on any atom is -0.497 e. The van der Waals surface area contributed by atoms with Gasteiger partial charge in [-0.3, -0.25) is 14.6 Å². The van der Waals surface area contributed by atoms with Crippen LogP contribution in [0.4, 0.5) is 4.79 Å². The maximum absolute atomic E-state index is 13.1. The molecule has 0 radical (unpaired) electrons. The number of hydrogen-bond acceptors (Lipinski definition) is 7. The van der Waals surface area contributed by atoms with Crippen LogP contribution in [-0.4, -0.2) is 74.8 Å². The number of urea groups is 1. The van der Waals surface area contributed by atoms with Gasteiger partial charge in [-0.1, -0.05) is 12.1 Å². The Kier molecular flexibility index (Phi) is 8.32. The summed E-state index contributed by atoms with van der Waals surface area (Å²) in [5, 5.41) is 2.92. The molecule has 0 aromatic heterocycles. The van der Waals surface area contributed by atoms with Crippen molar-refractivity contribution in [3.63, 3.8) is 0 Å². The van der Waals surface area contributed by atoms with Gasteiger partial charge in [0.05, 0.1) is 37.9 Å². The van der Waals surface area contributed by atoms with Gasteiger partial charge in [0, 0.05) is 19.3 Å². The van der Waals surface area contributed by atoms with E-state index in [9.17, 15) is 14.4 Å². The number of amides is 2. The van der Waals surface area contributed by atoms with Crippen molar-refractivity contribution in [3.05, 3.63) is 41.1 Å². The predicted molar refractivity (Wildman–Crippen MR) is 121 cm³/mol. The van der Waals surface area contributed by atoms with Crippen LogP contribution in [-0.2, 0) is 19.1 Å². The summed E-state index contributed by atoms with van der Waals surface area (Å²) in [6.45, 7) is 5.89. The van der Waals surface area contributed by atoms with E-state index in [-0.39, 0.29) is 24.5 Å². The lowest BCUT2D eigenvalue weighted by molar-refractivity contribution is -0.149. The van der Waals surface area contributed by atoms with Gasteiger partial charge in [0.15, 0.2) is 0 Å². The SMILES string of the molecule is CCOC(=O)C1=C(CN2CCC(C(=O)OCC)CC2)N(C)C(=O)N[C@@H]1c1cccc(OC)c1. The van der Waals surface area contributed by atoms with Gasteiger partial charge >= 0.3 is 18.0 Å². The van der Waals surface area contributed by atoms with Gasteiger partial charge in [-0.25, -0.2) is 9.59 Å². The number of methoxy groups -OCH3 is 1. The van der Waals surface area contributed by atoms with Gasteiger partial charge < -0.3 is 19.5 Å². The zero-order valence-electron chi connectivity index (χ0n) is 19.8. The topological polar surface area (TPSA) is 97.4 Å². The highest BCUT2D eigenvalue weighted by atomic mass is 16.5. The van der Waals surface area contributed by atoms with Gasteiger partial charge in [0.2, 0.25) is 0 Å². The Hall–Kier alpha value is -3.07. The summed E-state index contributed by atoms with van der Waals surface area (Å²) >= 11 is 0. The summed E-state index contributed by atoms with van der Waals surface area (Å²) in [4.78, 5) is 41.6. The zero-order chi connectivity index (χ0) is 24.0. The Balaban J connectivity index is 1.91. The summed E-state index contributed by atoms with van der Waals surface area (Å²) in [5.41, 5.74) is 1.73. The fourth-order valence-electron chi connectivity index (χ4n) is 4.27. The van der Waals surface area contributed by atoms with E-state index in [1.54, 1.807) is 34.1 Å². The second-order valence-corrected chi connectivity index (χ2v) is 8.10. The molecular formula is C24H33N3O6.